The second-order valence-corrected chi connectivity index (χ2v) is 8.04. The van der Waals surface area contributed by atoms with E-state index in [1.807, 2.05) is 29.5 Å². The zero-order valence-electron chi connectivity index (χ0n) is 15.1. The molecule has 0 spiro atoms. The Kier molecular flexibility index (Phi) is 6.91. The largest absolute Gasteiger partial charge is 0.493 e. The van der Waals surface area contributed by atoms with Crippen LogP contribution >= 0.6 is 33.9 Å². The first-order valence-electron chi connectivity index (χ1n) is 8.64. The summed E-state index contributed by atoms with van der Waals surface area (Å²) in [5.41, 5.74) is 2.41. The van der Waals surface area contributed by atoms with E-state index in [4.69, 9.17) is 9.47 Å². The van der Waals surface area contributed by atoms with Crippen LogP contribution in [0, 0.1) is 0 Å². The van der Waals surface area contributed by atoms with Crippen LogP contribution in [0.1, 0.15) is 23.4 Å². The van der Waals surface area contributed by atoms with Crippen molar-refractivity contribution in [2.24, 2.45) is 0 Å². The fraction of sp³-hybridized carbons (Fsp3) is 0.286. The van der Waals surface area contributed by atoms with Crippen LogP contribution in [0.5, 0.6) is 11.5 Å². The highest BCUT2D eigenvalue weighted by atomic mass is 127. The molecular formula is C21H23INO2S+. The zero-order chi connectivity index (χ0) is 18.4. The lowest BCUT2D eigenvalue weighted by Gasteiger charge is -2.07. The molecule has 2 aromatic carbocycles. The summed E-state index contributed by atoms with van der Waals surface area (Å²) in [5.74, 6) is 1.50. The van der Waals surface area contributed by atoms with Gasteiger partial charge in [-0.3, -0.25) is 0 Å². The van der Waals surface area contributed by atoms with Gasteiger partial charge in [0.1, 0.15) is 4.70 Å². The minimum Gasteiger partial charge on any atom is -0.493 e. The number of hydrogen-bond donors (Lipinski definition) is 0. The molecule has 0 aliphatic rings. The minimum atomic E-state index is 0.750. The van der Waals surface area contributed by atoms with Crippen LogP contribution in [0.15, 0.2) is 42.5 Å². The Bertz CT molecular complexity index is 904. The molecule has 1 heterocycles. The molecule has 0 N–H and O–H groups in total. The van der Waals surface area contributed by atoms with E-state index in [2.05, 4.69) is 63.6 Å². The summed E-state index contributed by atoms with van der Waals surface area (Å²) in [6.45, 7) is 1.05. The van der Waals surface area contributed by atoms with Gasteiger partial charge in [-0.2, -0.15) is 4.57 Å². The molecule has 0 saturated carbocycles. The fourth-order valence-corrected chi connectivity index (χ4v) is 4.53. The molecule has 0 amide bonds. The van der Waals surface area contributed by atoms with E-state index >= 15 is 0 Å². The number of nitrogens with zero attached hydrogens (tertiary/aromatic N) is 1. The Labute approximate surface area is 172 Å². The molecule has 3 aromatic rings. The summed E-state index contributed by atoms with van der Waals surface area (Å²) >= 11 is 4.29. The van der Waals surface area contributed by atoms with Crippen molar-refractivity contribution in [3.8, 4) is 11.5 Å². The lowest BCUT2D eigenvalue weighted by atomic mass is 10.2. The van der Waals surface area contributed by atoms with Crippen LogP contribution in [0.4, 0.5) is 0 Å². The molecule has 0 saturated heterocycles. The molecular weight excluding hydrogens is 457 g/mol. The van der Waals surface area contributed by atoms with Crippen molar-refractivity contribution in [1.82, 2.24) is 0 Å². The first-order chi connectivity index (χ1) is 12.8. The summed E-state index contributed by atoms with van der Waals surface area (Å²) in [4.78, 5) is 0. The molecule has 1 aromatic heterocycles. The van der Waals surface area contributed by atoms with Crippen LogP contribution in [-0.4, -0.2) is 18.6 Å². The van der Waals surface area contributed by atoms with Crippen molar-refractivity contribution in [3.63, 3.8) is 0 Å². The molecule has 3 rings (SSSR count). The number of hydrogen-bond acceptors (Lipinski definition) is 3. The summed E-state index contributed by atoms with van der Waals surface area (Å²) in [6.07, 6.45) is 6.79. The van der Waals surface area contributed by atoms with Crippen molar-refractivity contribution in [1.29, 1.82) is 0 Å². The standard InChI is InChI=1S/C21H23INO2S/c1-24-18-11-9-16(15-19(18)25-2)10-12-21-23(14-6-5-13-22)17-7-3-4-8-20(17)26-21/h3-4,7-12,15H,5-6,13-14H2,1-2H3/q+1/b12-10+. The Balaban J connectivity index is 1.92. The fourth-order valence-electron chi connectivity index (χ4n) is 2.90. The molecule has 0 radical (unpaired) electrons. The number of rotatable bonds is 8. The van der Waals surface area contributed by atoms with Crippen molar-refractivity contribution in [2.75, 3.05) is 18.6 Å². The second kappa shape index (κ2) is 9.37. The third-order valence-corrected chi connectivity index (χ3v) is 6.12. The number of benzene rings is 2. The van der Waals surface area contributed by atoms with Crippen molar-refractivity contribution < 1.29 is 14.0 Å². The topological polar surface area (TPSA) is 22.3 Å². The molecule has 3 nitrogen and oxygen atoms in total. The Morgan fingerprint density at radius 3 is 2.58 bits per heavy atom. The molecule has 5 heteroatoms. The van der Waals surface area contributed by atoms with E-state index in [9.17, 15) is 0 Å². The predicted molar refractivity (Wildman–Crippen MR) is 119 cm³/mol. The first-order valence-corrected chi connectivity index (χ1v) is 11.0. The number of methoxy groups -OCH3 is 2. The van der Waals surface area contributed by atoms with Gasteiger partial charge in [0.15, 0.2) is 18.0 Å². The molecule has 0 fully saturated rings. The maximum atomic E-state index is 5.40. The summed E-state index contributed by atoms with van der Waals surface area (Å²) in [7, 11) is 3.32. The highest BCUT2D eigenvalue weighted by molar-refractivity contribution is 14.1. The van der Waals surface area contributed by atoms with E-state index in [1.54, 1.807) is 14.2 Å². The highest BCUT2D eigenvalue weighted by Crippen LogP contribution is 2.29. The number of aromatic nitrogens is 1. The number of ether oxygens (including phenoxy) is 2. The molecule has 0 atom stereocenters. The monoisotopic (exact) mass is 480 g/mol. The average molecular weight is 480 g/mol. The molecule has 0 aliphatic carbocycles. The first kappa shape index (κ1) is 19.2. The quantitative estimate of drug-likeness (QED) is 0.182. The van der Waals surface area contributed by atoms with E-state index in [0.717, 1.165) is 23.6 Å². The molecule has 0 aliphatic heterocycles. The Morgan fingerprint density at radius 2 is 1.81 bits per heavy atom. The van der Waals surface area contributed by atoms with Crippen LogP contribution in [0.25, 0.3) is 22.4 Å². The van der Waals surface area contributed by atoms with Gasteiger partial charge in [0.2, 0.25) is 5.52 Å². The van der Waals surface area contributed by atoms with E-state index < -0.39 is 0 Å². The Morgan fingerprint density at radius 1 is 1.00 bits per heavy atom. The summed E-state index contributed by atoms with van der Waals surface area (Å²) in [5, 5.41) is 1.27. The van der Waals surface area contributed by atoms with Crippen LogP contribution in [0.2, 0.25) is 0 Å². The van der Waals surface area contributed by atoms with Crippen LogP contribution in [-0.2, 0) is 6.54 Å². The predicted octanol–water partition coefficient (Wildman–Crippen LogP) is 5.59. The van der Waals surface area contributed by atoms with Gasteiger partial charge in [-0.1, -0.05) is 52.1 Å². The SMILES string of the molecule is COc1ccc(/C=C/c2sc3ccccc3[n+]2CCCCI)cc1OC. The van der Waals surface area contributed by atoms with Gasteiger partial charge in [0, 0.05) is 18.6 Å². The number of fused-ring (bicyclic) bond motifs is 1. The summed E-state index contributed by atoms with van der Waals surface area (Å²) < 4.78 is 15.7. The van der Waals surface area contributed by atoms with Gasteiger partial charge in [0.05, 0.1) is 14.2 Å². The van der Waals surface area contributed by atoms with Crippen molar-refractivity contribution in [2.45, 2.75) is 19.4 Å². The van der Waals surface area contributed by atoms with E-state index in [0.29, 0.717) is 0 Å². The third kappa shape index (κ3) is 4.38. The summed E-state index contributed by atoms with van der Waals surface area (Å²) in [6, 6.07) is 14.6. The molecule has 26 heavy (non-hydrogen) atoms. The van der Waals surface area contributed by atoms with Gasteiger partial charge in [0.25, 0.3) is 5.01 Å². The van der Waals surface area contributed by atoms with Gasteiger partial charge in [-0.25, -0.2) is 0 Å². The minimum absolute atomic E-state index is 0.750. The van der Waals surface area contributed by atoms with E-state index in [-0.39, 0.29) is 0 Å². The van der Waals surface area contributed by atoms with Crippen molar-refractivity contribution in [3.05, 3.63) is 53.0 Å². The lowest BCUT2D eigenvalue weighted by molar-refractivity contribution is -0.669. The average Bonchev–Trinajstić information content (AvgIpc) is 3.04. The zero-order valence-corrected chi connectivity index (χ0v) is 18.0. The number of thiazole rings is 1. The van der Waals surface area contributed by atoms with Gasteiger partial charge >= 0.3 is 0 Å². The van der Waals surface area contributed by atoms with Crippen LogP contribution in [0.3, 0.4) is 0 Å². The van der Waals surface area contributed by atoms with Gasteiger partial charge in [-0.15, -0.1) is 0 Å². The van der Waals surface area contributed by atoms with Gasteiger partial charge in [-0.05, 0) is 40.7 Å². The maximum absolute atomic E-state index is 5.40. The molecule has 136 valence electrons. The number of aryl methyl sites for hydroxylation is 1. The smallest absolute Gasteiger partial charge is 0.262 e. The number of alkyl halides is 1. The van der Waals surface area contributed by atoms with Crippen molar-refractivity contribution >= 4 is 56.3 Å². The maximum Gasteiger partial charge on any atom is 0.262 e. The molecule has 0 bridgehead atoms. The molecule has 0 unspecified atom stereocenters. The highest BCUT2D eigenvalue weighted by Gasteiger charge is 2.17. The van der Waals surface area contributed by atoms with Crippen LogP contribution < -0.4 is 14.0 Å². The lowest BCUT2D eigenvalue weighted by Crippen LogP contribution is -2.35. The number of halogens is 1. The third-order valence-electron chi connectivity index (χ3n) is 4.23. The number of para-hydroxylation sites is 1. The Hall–Kier alpha value is -1.60. The number of unbranched alkanes of at least 4 members (excludes halogenated alkanes) is 1. The van der Waals surface area contributed by atoms with E-state index in [1.165, 1.54) is 32.5 Å². The normalized spacial score (nSPS) is 11.3. The second-order valence-electron chi connectivity index (χ2n) is 5.90. The van der Waals surface area contributed by atoms with Gasteiger partial charge < -0.3 is 9.47 Å².